The van der Waals surface area contributed by atoms with Gasteiger partial charge in [-0.05, 0) is 98.8 Å². The summed E-state index contributed by atoms with van der Waals surface area (Å²) in [6.45, 7) is 13.7. The summed E-state index contributed by atoms with van der Waals surface area (Å²) in [7, 11) is 4.61. The minimum absolute atomic E-state index is 0.0348. The number of hydrogen-bond donors (Lipinski definition) is 5. The lowest BCUT2D eigenvalue weighted by Crippen LogP contribution is -2.78. The highest BCUT2D eigenvalue weighted by Gasteiger charge is 2.81. The van der Waals surface area contributed by atoms with Gasteiger partial charge in [-0.2, -0.15) is 0 Å². The van der Waals surface area contributed by atoms with Crippen LogP contribution in [-0.2, 0) is 57.0 Å². The second-order valence-corrected chi connectivity index (χ2v) is 20.1. The van der Waals surface area contributed by atoms with E-state index in [-0.39, 0.29) is 31.8 Å². The van der Waals surface area contributed by atoms with E-state index in [2.05, 4.69) is 6.92 Å². The predicted octanol–water partition coefficient (Wildman–Crippen LogP) is 2.92. The number of rotatable bonds is 12. The Morgan fingerprint density at radius 1 is 0.766 bits per heavy atom. The summed E-state index contributed by atoms with van der Waals surface area (Å²) in [4.78, 5) is 26.5. The number of carbonyl (C=O) groups excluding carboxylic acids is 2. The van der Waals surface area contributed by atoms with Crippen molar-refractivity contribution < 1.29 is 82.5 Å². The summed E-state index contributed by atoms with van der Waals surface area (Å²) in [5.74, 6) is -1.69. The third-order valence-corrected chi connectivity index (χ3v) is 17.0. The molecule has 7 rings (SSSR count). The van der Waals surface area contributed by atoms with Crippen LogP contribution in [0.1, 0.15) is 113 Å². The highest BCUT2D eigenvalue weighted by Crippen LogP contribution is 2.71. The van der Waals surface area contributed by atoms with Crippen LogP contribution in [0.5, 0.6) is 0 Å². The first-order valence-corrected chi connectivity index (χ1v) is 23.2. The Balaban J connectivity index is 1.01. The number of ether oxygens (including phenoxy) is 10. The van der Waals surface area contributed by atoms with Crippen molar-refractivity contribution in [3.63, 3.8) is 0 Å². The molecule has 7 aliphatic rings. The van der Waals surface area contributed by atoms with Gasteiger partial charge >= 0.3 is 5.97 Å². The van der Waals surface area contributed by atoms with Crippen molar-refractivity contribution in [3.05, 3.63) is 23.3 Å². The van der Waals surface area contributed by atoms with Crippen LogP contribution in [0.4, 0.5) is 0 Å². The van der Waals surface area contributed by atoms with Crippen molar-refractivity contribution in [2.24, 2.45) is 16.7 Å². The lowest BCUT2D eigenvalue weighted by atomic mass is 9.42. The molecule has 6 fully saturated rings. The minimum Gasteiger partial charge on any atom is -0.458 e. The van der Waals surface area contributed by atoms with Gasteiger partial charge in [0.25, 0.3) is 0 Å². The van der Waals surface area contributed by atoms with E-state index in [1.54, 1.807) is 48.0 Å². The summed E-state index contributed by atoms with van der Waals surface area (Å²) < 4.78 is 61.4. The first-order valence-electron chi connectivity index (χ1n) is 23.2. The van der Waals surface area contributed by atoms with Crippen molar-refractivity contribution in [2.75, 3.05) is 21.3 Å². The lowest BCUT2D eigenvalue weighted by molar-refractivity contribution is -0.352. The summed E-state index contributed by atoms with van der Waals surface area (Å²) >= 11 is 0. The van der Waals surface area contributed by atoms with Crippen molar-refractivity contribution in [1.29, 1.82) is 0 Å². The maximum Gasteiger partial charge on any atom is 0.333 e. The fourth-order valence-electron chi connectivity index (χ4n) is 12.8. The number of fused-ring (bicyclic) bond motifs is 5. The molecule has 0 spiro atoms. The number of ketones is 1. The Kier molecular flexibility index (Phi) is 14.5. The molecule has 0 radical (unpaired) electrons. The molecule has 21 unspecified atom stereocenters. The smallest absolute Gasteiger partial charge is 0.333 e. The number of allylic oxidation sites excluding steroid dienone is 1. The number of carbonyl (C=O) groups is 2. The molecular weight excluding hydrogens is 836 g/mol. The van der Waals surface area contributed by atoms with Crippen LogP contribution in [0.2, 0.25) is 0 Å². The van der Waals surface area contributed by atoms with Crippen LogP contribution in [0.25, 0.3) is 0 Å². The van der Waals surface area contributed by atoms with E-state index in [0.29, 0.717) is 37.7 Å². The Hall–Kier alpha value is -1.94. The minimum atomic E-state index is -2.02. The molecule has 5 N–H and O–H groups in total. The van der Waals surface area contributed by atoms with Crippen LogP contribution < -0.4 is 0 Å². The fraction of sp³-hybridized carbons (Fsp3) is 0.872. The summed E-state index contributed by atoms with van der Waals surface area (Å²) in [6.07, 6.45) is -4.29. The Morgan fingerprint density at radius 2 is 1.38 bits per heavy atom. The van der Waals surface area contributed by atoms with Crippen LogP contribution >= 0.6 is 0 Å². The first-order chi connectivity index (χ1) is 30.1. The zero-order valence-corrected chi connectivity index (χ0v) is 39.4. The van der Waals surface area contributed by atoms with Crippen LogP contribution in [0.15, 0.2) is 23.3 Å². The number of Topliss-reactive ketones (excluding diaryl/α,β-unsaturated/α-hetero) is 1. The van der Waals surface area contributed by atoms with E-state index >= 15 is 0 Å². The van der Waals surface area contributed by atoms with Crippen LogP contribution in [-0.4, -0.2) is 168 Å². The summed E-state index contributed by atoms with van der Waals surface area (Å²) in [5.41, 5.74) is -6.53. The van der Waals surface area contributed by atoms with E-state index in [1.165, 1.54) is 14.0 Å². The molecule has 0 bridgehead atoms. The maximum absolute atomic E-state index is 13.3. The molecule has 3 saturated carbocycles. The van der Waals surface area contributed by atoms with E-state index in [9.17, 15) is 35.1 Å². The van der Waals surface area contributed by atoms with Gasteiger partial charge in [0.1, 0.15) is 53.4 Å². The van der Waals surface area contributed by atoms with E-state index in [1.807, 2.05) is 19.9 Å². The zero-order valence-electron chi connectivity index (χ0n) is 39.4. The molecular formula is C47H74O17. The third kappa shape index (κ3) is 7.98. The highest BCUT2D eigenvalue weighted by molar-refractivity contribution is 5.89. The standard InChI is InChI=1S/C47H74O17/c1-12-23(2)41(51)62-33-22-32-43(7)15-14-29(19-28(43)13-16-46(32,53)47(54)18-17-45(52,27(6)48)44(33,47)8)61-34-20-30(55-9)38(25(4)58-34)63-35-21-31(56-10)39(26(5)59-35)64-42-37(50)40(57-11)36(49)24(3)60-42/h12-13,24-26,29-40,42,49-50,52-54H,14-22H2,1-11H3. The molecule has 17 heteroatoms. The number of aliphatic hydroxyl groups is 5. The molecule has 3 heterocycles. The van der Waals surface area contributed by atoms with E-state index < -0.39 is 131 Å². The van der Waals surface area contributed by atoms with Gasteiger partial charge in [0.2, 0.25) is 0 Å². The molecule has 364 valence electrons. The normalized spacial score (nSPS) is 50.8. The zero-order chi connectivity index (χ0) is 46.9. The van der Waals surface area contributed by atoms with Crippen LogP contribution in [0.3, 0.4) is 0 Å². The Morgan fingerprint density at radius 3 is 1.95 bits per heavy atom. The number of methoxy groups -OCH3 is 3. The predicted molar refractivity (Wildman–Crippen MR) is 226 cm³/mol. The average molecular weight is 911 g/mol. The van der Waals surface area contributed by atoms with Crippen molar-refractivity contribution in [3.8, 4) is 0 Å². The maximum atomic E-state index is 13.3. The molecule has 3 saturated heterocycles. The lowest BCUT2D eigenvalue weighted by Gasteiger charge is -2.67. The largest absolute Gasteiger partial charge is 0.458 e. The molecule has 0 aromatic rings. The fourth-order valence-corrected chi connectivity index (χ4v) is 12.8. The van der Waals surface area contributed by atoms with Gasteiger partial charge in [-0.1, -0.05) is 24.6 Å². The summed E-state index contributed by atoms with van der Waals surface area (Å²) in [5, 5.41) is 59.0. The monoisotopic (exact) mass is 910 g/mol. The average Bonchev–Trinajstić information content (AvgIpc) is 3.49. The number of hydrogen-bond acceptors (Lipinski definition) is 17. The second-order valence-electron chi connectivity index (χ2n) is 20.1. The molecule has 0 amide bonds. The summed E-state index contributed by atoms with van der Waals surface area (Å²) in [6, 6.07) is 0. The van der Waals surface area contributed by atoms with Crippen molar-refractivity contribution in [1.82, 2.24) is 0 Å². The number of esters is 1. The van der Waals surface area contributed by atoms with Gasteiger partial charge in [0.15, 0.2) is 24.7 Å². The number of aliphatic hydroxyl groups excluding tert-OH is 2. The van der Waals surface area contributed by atoms with Gasteiger partial charge in [0, 0.05) is 45.7 Å². The SMILES string of the molecule is CC=C(C)C(=O)OC1CC2C3(C)CCC(OC4CC(OC)C(OC5CC(OC)C(OC6OC(C)C(O)C(OC)C6O)C(C)O5)C(C)O4)CC3=CCC2(O)C2(O)CCC(O)(C(C)=O)C12C. The molecule has 0 aromatic carbocycles. The van der Waals surface area contributed by atoms with Gasteiger partial charge in [-0.15, -0.1) is 0 Å². The Bertz CT molecular complexity index is 1770. The highest BCUT2D eigenvalue weighted by atomic mass is 16.8. The quantitative estimate of drug-likeness (QED) is 0.108. The van der Waals surface area contributed by atoms with Gasteiger partial charge in [-0.3, -0.25) is 4.79 Å². The first kappa shape index (κ1) is 50.0. The van der Waals surface area contributed by atoms with Crippen LogP contribution in [0, 0.1) is 16.7 Å². The molecule has 21 atom stereocenters. The Labute approximate surface area is 377 Å². The van der Waals surface area contributed by atoms with E-state index in [4.69, 9.17) is 47.4 Å². The topological polar surface area (TPSA) is 228 Å². The third-order valence-electron chi connectivity index (χ3n) is 17.0. The van der Waals surface area contributed by atoms with E-state index in [0.717, 1.165) is 5.57 Å². The molecule has 4 aliphatic carbocycles. The van der Waals surface area contributed by atoms with Crippen molar-refractivity contribution >= 4 is 11.8 Å². The molecule has 64 heavy (non-hydrogen) atoms. The molecule has 0 aromatic heterocycles. The van der Waals surface area contributed by atoms with Gasteiger partial charge < -0.3 is 72.9 Å². The van der Waals surface area contributed by atoms with Gasteiger partial charge in [0.05, 0.1) is 42.0 Å². The van der Waals surface area contributed by atoms with Crippen molar-refractivity contribution in [2.45, 2.75) is 222 Å². The molecule has 17 nitrogen and oxygen atoms in total. The second kappa shape index (κ2) is 18.5. The van der Waals surface area contributed by atoms with Gasteiger partial charge in [-0.25, -0.2) is 4.79 Å². The molecule has 3 aliphatic heterocycles.